The maximum absolute atomic E-state index is 13.4. The number of non-ortho nitro benzene ring substituents is 2. The number of nitrogens with one attached hydrogen (secondary N) is 2. The van der Waals surface area contributed by atoms with Gasteiger partial charge in [0.1, 0.15) is 12.1 Å². The monoisotopic (exact) mass is 570 g/mol. The third-order valence-electron chi connectivity index (χ3n) is 5.81. The highest BCUT2D eigenvalue weighted by atomic mass is 32.2. The lowest BCUT2D eigenvalue weighted by atomic mass is 10.0. The molecule has 2 N–H and O–H groups in total. The highest BCUT2D eigenvalue weighted by Gasteiger charge is 2.30. The van der Waals surface area contributed by atoms with Crippen LogP contribution < -0.4 is 10.0 Å². The molecule has 0 saturated heterocycles. The number of methoxy groups -OCH3 is 1. The molecule has 13 nitrogen and oxygen atoms in total. The van der Waals surface area contributed by atoms with Crippen molar-refractivity contribution in [3.63, 3.8) is 0 Å². The van der Waals surface area contributed by atoms with E-state index in [4.69, 9.17) is 4.74 Å². The first-order chi connectivity index (χ1) is 19.0. The number of nitrogens with zero attached hydrogens (tertiary/aromatic N) is 2. The third kappa shape index (κ3) is 8.68. The smallest absolute Gasteiger partial charge is 0.328 e. The van der Waals surface area contributed by atoms with Gasteiger partial charge in [0.25, 0.3) is 11.4 Å². The molecule has 0 bridgehead atoms. The molecule has 0 aliphatic rings. The van der Waals surface area contributed by atoms with Crippen molar-refractivity contribution < 1.29 is 32.6 Å². The van der Waals surface area contributed by atoms with Crippen molar-refractivity contribution in [3.8, 4) is 0 Å². The number of rotatable bonds is 13. The molecule has 0 aliphatic heterocycles. The van der Waals surface area contributed by atoms with Gasteiger partial charge in [-0.05, 0) is 23.1 Å². The third-order valence-corrected chi connectivity index (χ3v) is 7.17. The molecular formula is C26H26N4O9S. The van der Waals surface area contributed by atoms with Crippen molar-refractivity contribution >= 4 is 33.3 Å². The maximum Gasteiger partial charge on any atom is 0.328 e. The summed E-state index contributed by atoms with van der Waals surface area (Å²) in [5.74, 6) is -2.07. The number of benzene rings is 3. The van der Waals surface area contributed by atoms with Crippen LogP contribution in [0.2, 0.25) is 0 Å². The molecule has 3 aromatic carbocycles. The summed E-state index contributed by atoms with van der Waals surface area (Å²) in [6, 6.07) is 16.3. The molecule has 0 heterocycles. The van der Waals surface area contributed by atoms with E-state index in [2.05, 4.69) is 10.0 Å². The fraction of sp³-hybridized carbons (Fsp3) is 0.231. The molecule has 0 aliphatic carbocycles. The summed E-state index contributed by atoms with van der Waals surface area (Å²) >= 11 is 0. The first-order valence-corrected chi connectivity index (χ1v) is 13.5. The number of nitro benzene ring substituents is 2. The molecule has 0 spiro atoms. The quantitative estimate of drug-likeness (QED) is 0.177. The molecule has 40 heavy (non-hydrogen) atoms. The number of ether oxygens (including phenoxy) is 1. The second-order valence-electron chi connectivity index (χ2n) is 8.75. The molecule has 0 fully saturated rings. The van der Waals surface area contributed by atoms with Crippen LogP contribution in [0.4, 0.5) is 11.4 Å². The van der Waals surface area contributed by atoms with Crippen molar-refractivity contribution in [2.75, 3.05) is 7.11 Å². The first-order valence-electron chi connectivity index (χ1n) is 11.9. The maximum atomic E-state index is 13.4. The average molecular weight is 571 g/mol. The van der Waals surface area contributed by atoms with Gasteiger partial charge in [-0.25, -0.2) is 17.9 Å². The molecule has 3 rings (SSSR count). The lowest BCUT2D eigenvalue weighted by Gasteiger charge is -2.22. The number of nitro groups is 2. The largest absolute Gasteiger partial charge is 0.467 e. The summed E-state index contributed by atoms with van der Waals surface area (Å²) in [6.45, 7) is 0. The topological polar surface area (TPSA) is 188 Å². The van der Waals surface area contributed by atoms with Crippen molar-refractivity contribution in [1.82, 2.24) is 10.0 Å². The summed E-state index contributed by atoms with van der Waals surface area (Å²) in [6.07, 6.45) is -0.263. The van der Waals surface area contributed by atoms with Crippen LogP contribution in [0.15, 0.2) is 78.9 Å². The van der Waals surface area contributed by atoms with E-state index in [0.717, 1.165) is 7.11 Å². The predicted octanol–water partition coefficient (Wildman–Crippen LogP) is 2.43. The fourth-order valence-electron chi connectivity index (χ4n) is 3.83. The molecule has 0 unspecified atom stereocenters. The van der Waals surface area contributed by atoms with Crippen LogP contribution in [0, 0.1) is 20.2 Å². The number of sulfonamides is 1. The molecule has 1 amide bonds. The van der Waals surface area contributed by atoms with Gasteiger partial charge in [0.2, 0.25) is 15.9 Å². The predicted molar refractivity (Wildman–Crippen MR) is 144 cm³/mol. The van der Waals surface area contributed by atoms with E-state index in [1.54, 1.807) is 30.3 Å². The van der Waals surface area contributed by atoms with Crippen LogP contribution in [-0.4, -0.2) is 49.3 Å². The number of carbonyl (C=O) groups is 2. The normalized spacial score (nSPS) is 12.6. The second-order valence-corrected chi connectivity index (χ2v) is 10.5. The van der Waals surface area contributed by atoms with Crippen molar-refractivity contribution in [3.05, 3.63) is 116 Å². The lowest BCUT2D eigenvalue weighted by molar-refractivity contribution is -0.385. The Morgan fingerprint density at radius 3 is 1.70 bits per heavy atom. The minimum atomic E-state index is -4.05. The van der Waals surface area contributed by atoms with Crippen molar-refractivity contribution in [2.45, 2.75) is 30.7 Å². The number of amides is 1. The van der Waals surface area contributed by atoms with Gasteiger partial charge >= 0.3 is 5.97 Å². The Kier molecular flexibility index (Phi) is 10.00. The number of esters is 1. The van der Waals surface area contributed by atoms with E-state index in [1.165, 1.54) is 48.5 Å². The van der Waals surface area contributed by atoms with E-state index in [9.17, 15) is 38.2 Å². The van der Waals surface area contributed by atoms with Gasteiger partial charge < -0.3 is 10.1 Å². The van der Waals surface area contributed by atoms with Gasteiger partial charge in [-0.2, -0.15) is 0 Å². The van der Waals surface area contributed by atoms with E-state index in [-0.39, 0.29) is 24.2 Å². The van der Waals surface area contributed by atoms with Gasteiger partial charge in [-0.3, -0.25) is 25.0 Å². The molecule has 0 radical (unpaired) electrons. The van der Waals surface area contributed by atoms with Crippen LogP contribution in [0.3, 0.4) is 0 Å². The standard InChI is InChI=1S/C26H26N4O9S/c1-39-26(32)24(16-19-9-13-22(14-10-19)30(35)36)27-25(31)23(15-18-7-11-21(12-8-18)29(33)34)28-40(37,38)17-20-5-3-2-4-6-20/h2-14,23-24,28H,15-17H2,1H3,(H,27,31)/t23-,24+/m1/s1. The number of carbonyl (C=O) groups excluding carboxylic acids is 2. The minimum Gasteiger partial charge on any atom is -0.467 e. The second kappa shape index (κ2) is 13.4. The fourth-order valence-corrected chi connectivity index (χ4v) is 5.17. The molecule has 3 aromatic rings. The summed E-state index contributed by atoms with van der Waals surface area (Å²) in [4.78, 5) is 46.6. The van der Waals surface area contributed by atoms with E-state index in [0.29, 0.717) is 16.7 Å². The van der Waals surface area contributed by atoms with Crippen LogP contribution in [0.25, 0.3) is 0 Å². The molecular weight excluding hydrogens is 544 g/mol. The van der Waals surface area contributed by atoms with Gasteiger partial charge in [-0.1, -0.05) is 54.6 Å². The lowest BCUT2D eigenvalue weighted by Crippen LogP contribution is -2.53. The molecule has 0 aromatic heterocycles. The Bertz CT molecular complexity index is 1460. The number of hydrogen-bond acceptors (Lipinski definition) is 9. The van der Waals surface area contributed by atoms with Gasteiger partial charge in [-0.15, -0.1) is 0 Å². The summed E-state index contributed by atoms with van der Waals surface area (Å²) in [5.41, 5.74) is 1.06. The van der Waals surface area contributed by atoms with Crippen LogP contribution in [0.1, 0.15) is 16.7 Å². The Morgan fingerprint density at radius 2 is 1.25 bits per heavy atom. The number of hydrogen-bond donors (Lipinski definition) is 2. The SMILES string of the molecule is COC(=O)[C@H](Cc1ccc([N+](=O)[O-])cc1)NC(=O)[C@@H](Cc1ccc([N+](=O)[O-])cc1)NS(=O)(=O)Cc1ccccc1. The zero-order valence-corrected chi connectivity index (χ0v) is 22.1. The Morgan fingerprint density at radius 1 is 0.775 bits per heavy atom. The zero-order valence-electron chi connectivity index (χ0n) is 21.3. The van der Waals surface area contributed by atoms with Gasteiger partial charge in [0.05, 0.1) is 22.7 Å². The Hall–Kier alpha value is -4.69. The minimum absolute atomic E-state index is 0.0859. The van der Waals surface area contributed by atoms with Crippen LogP contribution in [0.5, 0.6) is 0 Å². The van der Waals surface area contributed by atoms with Crippen molar-refractivity contribution in [1.29, 1.82) is 0 Å². The van der Waals surface area contributed by atoms with E-state index in [1.807, 2.05) is 0 Å². The molecule has 14 heteroatoms. The van der Waals surface area contributed by atoms with Gasteiger partial charge in [0.15, 0.2) is 0 Å². The summed E-state index contributed by atoms with van der Waals surface area (Å²) in [5, 5.41) is 24.4. The van der Waals surface area contributed by atoms with Crippen LogP contribution in [-0.2, 0) is 42.9 Å². The van der Waals surface area contributed by atoms with E-state index < -0.39 is 49.6 Å². The van der Waals surface area contributed by atoms with Crippen molar-refractivity contribution in [2.24, 2.45) is 0 Å². The first kappa shape index (κ1) is 29.9. The Balaban J connectivity index is 1.85. The zero-order chi connectivity index (χ0) is 29.3. The molecule has 2 atom stereocenters. The highest BCUT2D eigenvalue weighted by Crippen LogP contribution is 2.16. The molecule has 0 saturated carbocycles. The summed E-state index contributed by atoms with van der Waals surface area (Å²) < 4.78 is 33.1. The van der Waals surface area contributed by atoms with E-state index >= 15 is 0 Å². The van der Waals surface area contributed by atoms with Crippen LogP contribution >= 0.6 is 0 Å². The summed E-state index contributed by atoms with van der Waals surface area (Å²) in [7, 11) is -2.93. The van der Waals surface area contributed by atoms with Gasteiger partial charge in [0, 0.05) is 30.7 Å². The Labute approximate surface area is 229 Å². The average Bonchev–Trinajstić information content (AvgIpc) is 2.92. The molecule has 210 valence electrons. The highest BCUT2D eigenvalue weighted by molar-refractivity contribution is 7.88.